The fourth-order valence-corrected chi connectivity index (χ4v) is 3.73. The molecule has 9 nitrogen and oxygen atoms in total. The number of amides is 2. The largest absolute Gasteiger partial charge is 0.462 e. The summed E-state index contributed by atoms with van der Waals surface area (Å²) in [6.07, 6.45) is 0.738. The molecular weight excluding hydrogens is 454 g/mol. The van der Waals surface area contributed by atoms with E-state index in [0.29, 0.717) is 34.4 Å². The molecule has 0 aliphatic heterocycles. The Morgan fingerprint density at radius 1 is 1.06 bits per heavy atom. The van der Waals surface area contributed by atoms with Gasteiger partial charge in [-0.1, -0.05) is 42.4 Å². The SMILES string of the molecule is CCCOC(=O)c1cccc(NC(=O)CSc2nnc(CNC(=O)c3cccc(C)c3)n2C)c1. The van der Waals surface area contributed by atoms with Crippen molar-refractivity contribution < 1.29 is 19.1 Å². The van der Waals surface area contributed by atoms with Crippen LogP contribution in [-0.4, -0.2) is 44.9 Å². The highest BCUT2D eigenvalue weighted by Gasteiger charge is 2.14. The number of thioether (sulfide) groups is 1. The molecule has 0 bridgehead atoms. The maximum atomic E-state index is 12.4. The standard InChI is InChI=1S/C24H27N5O4S/c1-4-11-33-23(32)18-9-6-10-19(13-18)26-21(30)15-34-24-28-27-20(29(24)3)14-25-22(31)17-8-5-7-16(2)12-17/h5-10,12-13H,4,11,14-15H2,1-3H3,(H,25,31)(H,26,30). The molecule has 34 heavy (non-hydrogen) atoms. The van der Waals surface area contributed by atoms with E-state index in [9.17, 15) is 14.4 Å². The zero-order valence-corrected chi connectivity index (χ0v) is 20.1. The average Bonchev–Trinajstić information content (AvgIpc) is 3.19. The molecule has 0 unspecified atom stereocenters. The van der Waals surface area contributed by atoms with Crippen molar-refractivity contribution in [1.82, 2.24) is 20.1 Å². The summed E-state index contributed by atoms with van der Waals surface area (Å²) in [4.78, 5) is 36.7. The minimum atomic E-state index is -0.423. The number of anilines is 1. The third kappa shape index (κ3) is 6.92. The molecule has 0 saturated carbocycles. The first-order chi connectivity index (χ1) is 16.4. The number of hydrogen-bond donors (Lipinski definition) is 2. The van der Waals surface area contributed by atoms with Gasteiger partial charge in [0.25, 0.3) is 5.91 Å². The summed E-state index contributed by atoms with van der Waals surface area (Å²) < 4.78 is 6.86. The van der Waals surface area contributed by atoms with Crippen LogP contribution in [0.5, 0.6) is 0 Å². The first kappa shape index (κ1) is 25.0. The van der Waals surface area contributed by atoms with Crippen LogP contribution in [0.1, 0.15) is 45.4 Å². The van der Waals surface area contributed by atoms with Gasteiger partial charge in [-0.25, -0.2) is 4.79 Å². The summed E-state index contributed by atoms with van der Waals surface area (Å²) in [7, 11) is 1.78. The van der Waals surface area contributed by atoms with Crippen LogP contribution in [0.3, 0.4) is 0 Å². The van der Waals surface area contributed by atoms with Crippen LogP contribution in [-0.2, 0) is 23.1 Å². The molecule has 3 rings (SSSR count). The normalized spacial score (nSPS) is 10.6. The Morgan fingerprint density at radius 3 is 2.59 bits per heavy atom. The van der Waals surface area contributed by atoms with Gasteiger partial charge in [0, 0.05) is 18.3 Å². The fourth-order valence-electron chi connectivity index (χ4n) is 3.00. The lowest BCUT2D eigenvalue weighted by atomic mass is 10.1. The Morgan fingerprint density at radius 2 is 1.82 bits per heavy atom. The summed E-state index contributed by atoms with van der Waals surface area (Å²) in [6, 6.07) is 13.9. The van der Waals surface area contributed by atoms with Gasteiger partial charge in [0.05, 0.1) is 24.5 Å². The summed E-state index contributed by atoms with van der Waals surface area (Å²) in [5.74, 6) is -0.190. The molecule has 0 saturated heterocycles. The topological polar surface area (TPSA) is 115 Å². The summed E-state index contributed by atoms with van der Waals surface area (Å²) in [6.45, 7) is 4.41. The molecule has 0 fully saturated rings. The van der Waals surface area contributed by atoms with E-state index in [1.807, 2.05) is 32.0 Å². The number of benzene rings is 2. The third-order valence-corrected chi connectivity index (χ3v) is 5.78. The summed E-state index contributed by atoms with van der Waals surface area (Å²) >= 11 is 1.22. The highest BCUT2D eigenvalue weighted by atomic mass is 32.2. The van der Waals surface area contributed by atoms with Crippen LogP contribution in [0, 0.1) is 6.92 Å². The average molecular weight is 482 g/mol. The molecule has 1 aromatic heterocycles. The number of rotatable bonds is 10. The Labute approximate surface area is 202 Å². The van der Waals surface area contributed by atoms with E-state index in [0.717, 1.165) is 12.0 Å². The maximum absolute atomic E-state index is 12.4. The first-order valence-electron chi connectivity index (χ1n) is 10.8. The first-order valence-corrected chi connectivity index (χ1v) is 11.8. The van der Waals surface area contributed by atoms with Crippen molar-refractivity contribution in [1.29, 1.82) is 0 Å². The van der Waals surface area contributed by atoms with E-state index in [2.05, 4.69) is 20.8 Å². The number of nitrogens with one attached hydrogen (secondary N) is 2. The Hall–Kier alpha value is -3.66. The predicted molar refractivity (Wildman–Crippen MR) is 130 cm³/mol. The van der Waals surface area contributed by atoms with Crippen molar-refractivity contribution in [3.8, 4) is 0 Å². The van der Waals surface area contributed by atoms with Crippen LogP contribution >= 0.6 is 11.8 Å². The molecular formula is C24H27N5O4S. The molecule has 2 N–H and O–H groups in total. The Balaban J connectivity index is 1.51. The van der Waals surface area contributed by atoms with Gasteiger partial charge in [0.1, 0.15) is 0 Å². The number of ether oxygens (including phenoxy) is 1. The van der Waals surface area contributed by atoms with Crippen LogP contribution in [0.25, 0.3) is 0 Å². The van der Waals surface area contributed by atoms with E-state index < -0.39 is 5.97 Å². The molecule has 178 valence electrons. The monoisotopic (exact) mass is 481 g/mol. The van der Waals surface area contributed by atoms with Gasteiger partial charge in [-0.15, -0.1) is 10.2 Å². The molecule has 0 spiro atoms. The number of esters is 1. The molecule has 0 atom stereocenters. The molecule has 0 aliphatic carbocycles. The lowest BCUT2D eigenvalue weighted by Crippen LogP contribution is -2.24. The van der Waals surface area contributed by atoms with Crippen LogP contribution < -0.4 is 10.6 Å². The van der Waals surface area contributed by atoms with Crippen molar-refractivity contribution in [2.75, 3.05) is 17.7 Å². The minimum Gasteiger partial charge on any atom is -0.462 e. The lowest BCUT2D eigenvalue weighted by Gasteiger charge is -2.08. The predicted octanol–water partition coefficient (Wildman–Crippen LogP) is 3.35. The maximum Gasteiger partial charge on any atom is 0.338 e. The zero-order valence-electron chi connectivity index (χ0n) is 19.3. The smallest absolute Gasteiger partial charge is 0.338 e. The fraction of sp³-hybridized carbons (Fsp3) is 0.292. The summed E-state index contributed by atoms with van der Waals surface area (Å²) in [5.41, 5.74) is 2.47. The van der Waals surface area contributed by atoms with Crippen LogP contribution in [0.4, 0.5) is 5.69 Å². The zero-order chi connectivity index (χ0) is 24.5. The van der Waals surface area contributed by atoms with Crippen molar-refractivity contribution >= 4 is 35.2 Å². The highest BCUT2D eigenvalue weighted by molar-refractivity contribution is 7.99. The van der Waals surface area contributed by atoms with Gasteiger partial charge in [0.15, 0.2) is 11.0 Å². The number of nitrogens with zero attached hydrogens (tertiary/aromatic N) is 3. The number of hydrogen-bond acceptors (Lipinski definition) is 7. The van der Waals surface area contributed by atoms with Crippen molar-refractivity contribution in [3.05, 3.63) is 71.0 Å². The van der Waals surface area contributed by atoms with Gasteiger partial charge in [-0.2, -0.15) is 0 Å². The van der Waals surface area contributed by atoms with E-state index >= 15 is 0 Å². The quantitative estimate of drug-likeness (QED) is 0.337. The number of carbonyl (C=O) groups is 3. The number of carbonyl (C=O) groups excluding carboxylic acids is 3. The van der Waals surface area contributed by atoms with Crippen LogP contribution in [0.15, 0.2) is 53.7 Å². The second kappa shape index (κ2) is 12.0. The molecule has 2 aromatic carbocycles. The minimum absolute atomic E-state index is 0.103. The molecule has 0 radical (unpaired) electrons. The molecule has 3 aromatic rings. The molecule has 2 amide bonds. The van der Waals surface area contributed by atoms with Crippen molar-refractivity contribution in [3.63, 3.8) is 0 Å². The van der Waals surface area contributed by atoms with Gasteiger partial charge < -0.3 is 19.9 Å². The van der Waals surface area contributed by atoms with Crippen molar-refractivity contribution in [2.45, 2.75) is 32.0 Å². The Bertz CT molecular complexity index is 1180. The molecule has 10 heteroatoms. The van der Waals surface area contributed by atoms with Gasteiger partial charge >= 0.3 is 5.97 Å². The number of aromatic nitrogens is 3. The molecule has 1 heterocycles. The third-order valence-electron chi connectivity index (χ3n) is 4.76. The van der Waals surface area contributed by atoms with Gasteiger partial charge in [0.2, 0.25) is 5.91 Å². The van der Waals surface area contributed by atoms with Gasteiger partial charge in [-0.3, -0.25) is 9.59 Å². The van der Waals surface area contributed by atoms with Crippen LogP contribution in [0.2, 0.25) is 0 Å². The van der Waals surface area contributed by atoms with E-state index in [4.69, 9.17) is 4.74 Å². The number of aryl methyl sites for hydroxylation is 1. The second-order valence-electron chi connectivity index (χ2n) is 7.56. The highest BCUT2D eigenvalue weighted by Crippen LogP contribution is 2.17. The van der Waals surface area contributed by atoms with E-state index in [1.54, 1.807) is 41.9 Å². The van der Waals surface area contributed by atoms with Gasteiger partial charge in [-0.05, 0) is 43.7 Å². The Kier molecular flexibility index (Phi) is 8.80. The summed E-state index contributed by atoms with van der Waals surface area (Å²) in [5, 5.41) is 14.4. The van der Waals surface area contributed by atoms with E-state index in [-0.39, 0.29) is 24.1 Å². The molecule has 0 aliphatic rings. The van der Waals surface area contributed by atoms with Crippen molar-refractivity contribution in [2.24, 2.45) is 7.05 Å². The lowest BCUT2D eigenvalue weighted by molar-refractivity contribution is -0.113. The van der Waals surface area contributed by atoms with E-state index in [1.165, 1.54) is 11.8 Å². The second-order valence-corrected chi connectivity index (χ2v) is 8.51.